The summed E-state index contributed by atoms with van der Waals surface area (Å²) < 4.78 is 0. The maximum Gasteiger partial charge on any atom is 0.226 e. The molecule has 1 aliphatic carbocycles. The topological polar surface area (TPSA) is 41.9 Å². The molecule has 0 N–H and O–H groups in total. The third-order valence-corrected chi connectivity index (χ3v) is 4.73. The average Bonchev–Trinajstić information content (AvgIpc) is 2.94. The van der Waals surface area contributed by atoms with Gasteiger partial charge in [0.25, 0.3) is 0 Å². The summed E-state index contributed by atoms with van der Waals surface area (Å²) in [6.45, 7) is 7.01. The molecule has 1 atom stereocenters. The molecule has 1 aromatic rings. The number of carbonyl (C=O) groups excluding carboxylic acids is 1. The first-order valence-electron chi connectivity index (χ1n) is 8.37. The zero-order valence-electron chi connectivity index (χ0n) is 13.7. The smallest absolute Gasteiger partial charge is 0.226 e. The molecule has 23 heavy (non-hydrogen) atoms. The van der Waals surface area contributed by atoms with Crippen LogP contribution in [0.25, 0.3) is 0 Å². The van der Waals surface area contributed by atoms with Crippen molar-refractivity contribution < 1.29 is 9.63 Å². The van der Waals surface area contributed by atoms with E-state index in [0.29, 0.717) is 13.1 Å². The van der Waals surface area contributed by atoms with E-state index in [-0.39, 0.29) is 17.9 Å². The van der Waals surface area contributed by atoms with E-state index in [4.69, 9.17) is 4.84 Å². The molecular formula is C19H24N2O2. The van der Waals surface area contributed by atoms with Gasteiger partial charge in [-0.1, -0.05) is 41.9 Å². The van der Waals surface area contributed by atoms with Crippen molar-refractivity contribution in [2.45, 2.75) is 38.7 Å². The van der Waals surface area contributed by atoms with Crippen LogP contribution in [-0.2, 0) is 9.63 Å². The van der Waals surface area contributed by atoms with Crippen LogP contribution in [0.1, 0.15) is 36.8 Å². The molecule has 0 spiro atoms. The van der Waals surface area contributed by atoms with Gasteiger partial charge in [-0.2, -0.15) is 0 Å². The van der Waals surface area contributed by atoms with Gasteiger partial charge in [0.1, 0.15) is 0 Å². The number of amides is 1. The van der Waals surface area contributed by atoms with Gasteiger partial charge in [-0.15, -0.1) is 6.58 Å². The molecule has 0 aromatic heterocycles. The van der Waals surface area contributed by atoms with E-state index in [1.165, 1.54) is 12.0 Å². The highest BCUT2D eigenvalue weighted by molar-refractivity contribution is 6.02. The first-order chi connectivity index (χ1) is 11.2. The summed E-state index contributed by atoms with van der Waals surface area (Å²) >= 11 is 0. The number of aryl methyl sites for hydroxylation is 1. The molecule has 1 aliphatic heterocycles. The van der Waals surface area contributed by atoms with Crippen LogP contribution in [0.4, 0.5) is 0 Å². The Labute approximate surface area is 137 Å². The number of rotatable bonds is 6. The molecule has 4 heteroatoms. The quantitative estimate of drug-likeness (QED) is 0.756. The minimum absolute atomic E-state index is 0.0615. The highest BCUT2D eigenvalue weighted by Crippen LogP contribution is 2.29. The second-order valence-corrected chi connectivity index (χ2v) is 6.44. The summed E-state index contributed by atoms with van der Waals surface area (Å²) in [6, 6.07) is 8.19. The maximum absolute atomic E-state index is 12.5. The highest BCUT2D eigenvalue weighted by atomic mass is 16.6. The van der Waals surface area contributed by atoms with E-state index in [9.17, 15) is 4.79 Å². The van der Waals surface area contributed by atoms with Gasteiger partial charge in [0.05, 0.1) is 12.3 Å². The van der Waals surface area contributed by atoms with E-state index < -0.39 is 0 Å². The highest BCUT2D eigenvalue weighted by Gasteiger charge is 2.32. The van der Waals surface area contributed by atoms with Crippen molar-refractivity contribution in [2.24, 2.45) is 11.1 Å². The lowest BCUT2D eigenvalue weighted by atomic mass is 9.84. The molecule has 1 amide bonds. The van der Waals surface area contributed by atoms with Crippen molar-refractivity contribution in [2.75, 3.05) is 13.1 Å². The molecule has 2 aliphatic rings. The van der Waals surface area contributed by atoms with E-state index in [1.807, 2.05) is 17.0 Å². The Morgan fingerprint density at radius 1 is 1.43 bits per heavy atom. The van der Waals surface area contributed by atoms with Crippen LogP contribution in [0.5, 0.6) is 0 Å². The molecule has 122 valence electrons. The van der Waals surface area contributed by atoms with Gasteiger partial charge in [-0.05, 0) is 25.3 Å². The maximum atomic E-state index is 12.5. The number of carbonyl (C=O) groups is 1. The van der Waals surface area contributed by atoms with Crippen molar-refractivity contribution >= 4 is 11.6 Å². The minimum Gasteiger partial charge on any atom is -0.390 e. The number of oxime groups is 1. The van der Waals surface area contributed by atoms with E-state index in [1.54, 1.807) is 6.08 Å². The van der Waals surface area contributed by atoms with Crippen LogP contribution >= 0.6 is 0 Å². The lowest BCUT2D eigenvalue weighted by Crippen LogP contribution is -2.43. The summed E-state index contributed by atoms with van der Waals surface area (Å²) in [5, 5.41) is 4.25. The van der Waals surface area contributed by atoms with Crippen LogP contribution < -0.4 is 0 Å². The second kappa shape index (κ2) is 6.99. The molecule has 0 radical (unpaired) electrons. The fourth-order valence-electron chi connectivity index (χ4n) is 3.15. The van der Waals surface area contributed by atoms with Crippen LogP contribution in [0.2, 0.25) is 0 Å². The van der Waals surface area contributed by atoms with Crippen molar-refractivity contribution in [1.82, 2.24) is 4.90 Å². The lowest BCUT2D eigenvalue weighted by Gasteiger charge is -2.32. The number of hydrogen-bond donors (Lipinski definition) is 0. The van der Waals surface area contributed by atoms with Crippen LogP contribution in [-0.4, -0.2) is 35.7 Å². The van der Waals surface area contributed by atoms with Gasteiger partial charge in [0.2, 0.25) is 5.91 Å². The molecule has 1 saturated carbocycles. The normalized spacial score (nSPS) is 20.4. The van der Waals surface area contributed by atoms with Crippen molar-refractivity contribution in [1.29, 1.82) is 0 Å². The third-order valence-electron chi connectivity index (χ3n) is 4.73. The Morgan fingerprint density at radius 3 is 2.87 bits per heavy atom. The first kappa shape index (κ1) is 15.8. The van der Waals surface area contributed by atoms with Gasteiger partial charge in [-0.3, -0.25) is 4.79 Å². The fourth-order valence-corrected chi connectivity index (χ4v) is 3.15. The van der Waals surface area contributed by atoms with Crippen molar-refractivity contribution in [3.63, 3.8) is 0 Å². The number of benzene rings is 1. The van der Waals surface area contributed by atoms with Gasteiger partial charge >= 0.3 is 0 Å². The minimum atomic E-state index is -0.0615. The molecular weight excluding hydrogens is 288 g/mol. The predicted octanol–water partition coefficient (Wildman–Crippen LogP) is 3.30. The van der Waals surface area contributed by atoms with Crippen LogP contribution in [0.3, 0.4) is 0 Å². The summed E-state index contributed by atoms with van der Waals surface area (Å²) in [7, 11) is 0. The zero-order chi connectivity index (χ0) is 16.2. The van der Waals surface area contributed by atoms with Gasteiger partial charge in [0, 0.05) is 24.4 Å². The predicted molar refractivity (Wildman–Crippen MR) is 91.3 cm³/mol. The van der Waals surface area contributed by atoms with Gasteiger partial charge < -0.3 is 9.74 Å². The standard InChI is InChI=1S/C19H24N2O2/c1-3-11-21(19(22)15-8-6-9-15)13-16-12-18(20-23-16)17-10-5-4-7-14(17)2/h3-5,7,10,15-16H,1,6,8-9,11-13H2,2H3/t16-/m0/s1. The molecule has 1 aromatic carbocycles. The fraction of sp³-hybridized carbons (Fsp3) is 0.474. The Kier molecular flexibility index (Phi) is 4.79. The molecule has 1 fully saturated rings. The van der Waals surface area contributed by atoms with Gasteiger partial charge in [-0.25, -0.2) is 0 Å². The summed E-state index contributed by atoms with van der Waals surface area (Å²) in [5.74, 6) is 0.442. The second-order valence-electron chi connectivity index (χ2n) is 6.44. The third kappa shape index (κ3) is 3.46. The van der Waals surface area contributed by atoms with Crippen molar-refractivity contribution in [3.05, 3.63) is 48.0 Å². The van der Waals surface area contributed by atoms with Crippen LogP contribution in [0.15, 0.2) is 42.1 Å². The molecule has 4 nitrogen and oxygen atoms in total. The monoisotopic (exact) mass is 312 g/mol. The Hall–Kier alpha value is -2.10. The molecule has 0 bridgehead atoms. The first-order valence-corrected chi connectivity index (χ1v) is 8.37. The zero-order valence-corrected chi connectivity index (χ0v) is 13.7. The summed E-state index contributed by atoms with van der Waals surface area (Å²) in [5.41, 5.74) is 3.31. The summed E-state index contributed by atoms with van der Waals surface area (Å²) in [4.78, 5) is 20.0. The van der Waals surface area contributed by atoms with Crippen LogP contribution in [0, 0.1) is 12.8 Å². The van der Waals surface area contributed by atoms with E-state index in [2.05, 4.69) is 30.8 Å². The largest absolute Gasteiger partial charge is 0.390 e. The Balaban J connectivity index is 1.61. The molecule has 1 heterocycles. The number of hydrogen-bond acceptors (Lipinski definition) is 3. The molecule has 3 rings (SSSR count). The van der Waals surface area contributed by atoms with E-state index in [0.717, 1.165) is 30.5 Å². The summed E-state index contributed by atoms with van der Waals surface area (Å²) in [6.07, 6.45) is 5.67. The lowest BCUT2D eigenvalue weighted by molar-refractivity contribution is -0.139. The Bertz CT molecular complexity index is 620. The SMILES string of the molecule is C=CCN(C[C@@H]1CC(c2ccccc2C)=NO1)C(=O)C1CCC1. The molecule has 0 unspecified atom stereocenters. The average molecular weight is 312 g/mol. The Morgan fingerprint density at radius 2 is 2.22 bits per heavy atom. The molecule has 0 saturated heterocycles. The van der Waals surface area contributed by atoms with Crippen molar-refractivity contribution in [3.8, 4) is 0 Å². The number of nitrogens with zero attached hydrogens (tertiary/aromatic N) is 2. The van der Waals surface area contributed by atoms with Gasteiger partial charge in [0.15, 0.2) is 6.10 Å². The van der Waals surface area contributed by atoms with E-state index >= 15 is 0 Å².